The quantitative estimate of drug-likeness (QED) is 0.789. The summed E-state index contributed by atoms with van der Waals surface area (Å²) in [6.07, 6.45) is -0.235. The molecule has 0 aromatic heterocycles. The Morgan fingerprint density at radius 3 is 2.45 bits per heavy atom. The number of likely N-dealkylation sites (tertiary alicyclic amines) is 1. The normalized spacial score (nSPS) is 26.6. The summed E-state index contributed by atoms with van der Waals surface area (Å²) in [5.41, 5.74) is -1.66. The maximum Gasteiger partial charge on any atom is 0.411 e. The third-order valence-electron chi connectivity index (χ3n) is 3.11. The van der Waals surface area contributed by atoms with Crippen LogP contribution in [0.25, 0.3) is 0 Å². The molecule has 1 aliphatic heterocycles. The molecule has 0 saturated carbocycles. The Morgan fingerprint density at radius 1 is 1.40 bits per heavy atom. The lowest BCUT2D eigenvalue weighted by Gasteiger charge is -2.32. The van der Waals surface area contributed by atoms with Gasteiger partial charge in [0.15, 0.2) is 6.04 Å². The Morgan fingerprint density at radius 2 is 2.00 bits per heavy atom. The van der Waals surface area contributed by atoms with Gasteiger partial charge < -0.3 is 19.3 Å². The molecule has 20 heavy (non-hydrogen) atoms. The van der Waals surface area contributed by atoms with Gasteiger partial charge in [0.1, 0.15) is 18.0 Å². The second-order valence-corrected chi connectivity index (χ2v) is 6.03. The molecule has 0 aromatic carbocycles. The van der Waals surface area contributed by atoms with Gasteiger partial charge in [0.05, 0.1) is 0 Å². The highest BCUT2D eigenvalue weighted by molar-refractivity contribution is 5.82. The van der Waals surface area contributed by atoms with Gasteiger partial charge in [-0.25, -0.2) is 9.59 Å². The molecule has 116 valence electrons. The fourth-order valence-electron chi connectivity index (χ4n) is 2.19. The van der Waals surface area contributed by atoms with E-state index in [-0.39, 0.29) is 13.3 Å². The first-order valence-electron chi connectivity index (χ1n) is 6.46. The number of methoxy groups -OCH3 is 1. The summed E-state index contributed by atoms with van der Waals surface area (Å²) in [5, 5.41) is 9.40. The van der Waals surface area contributed by atoms with Gasteiger partial charge in [-0.1, -0.05) is 0 Å². The third kappa shape index (κ3) is 3.83. The van der Waals surface area contributed by atoms with Gasteiger partial charge >= 0.3 is 12.1 Å². The third-order valence-corrected chi connectivity index (χ3v) is 3.11. The van der Waals surface area contributed by atoms with E-state index in [1.807, 2.05) is 0 Å². The molecular formula is C13H23NO6. The van der Waals surface area contributed by atoms with E-state index >= 15 is 0 Å². The van der Waals surface area contributed by atoms with Crippen molar-refractivity contribution in [3.63, 3.8) is 0 Å². The fourth-order valence-corrected chi connectivity index (χ4v) is 2.19. The van der Waals surface area contributed by atoms with Crippen LogP contribution in [-0.4, -0.2) is 59.8 Å². The minimum Gasteiger partial charge on any atom is -0.480 e. The highest BCUT2D eigenvalue weighted by Gasteiger charge is 2.52. The van der Waals surface area contributed by atoms with Crippen molar-refractivity contribution in [1.82, 2.24) is 4.90 Å². The minimum atomic E-state index is -1.12. The lowest BCUT2D eigenvalue weighted by Crippen LogP contribution is -2.52. The number of nitrogens with zero attached hydrogens (tertiary/aromatic N) is 1. The summed E-state index contributed by atoms with van der Waals surface area (Å²) in [7, 11) is 1.46. The Hall–Kier alpha value is -1.34. The average molecular weight is 289 g/mol. The predicted molar refractivity (Wildman–Crippen MR) is 70.3 cm³/mol. The molecule has 0 aromatic rings. The highest BCUT2D eigenvalue weighted by atomic mass is 16.7. The van der Waals surface area contributed by atoms with Gasteiger partial charge in [0.25, 0.3) is 0 Å². The lowest BCUT2D eigenvalue weighted by atomic mass is 9.97. The highest BCUT2D eigenvalue weighted by Crippen LogP contribution is 2.33. The summed E-state index contributed by atoms with van der Waals surface area (Å²) in [5.74, 6) is -1.12. The lowest BCUT2D eigenvalue weighted by molar-refractivity contribution is -0.164. The first kappa shape index (κ1) is 16.7. The van der Waals surface area contributed by atoms with Gasteiger partial charge in [-0.3, -0.25) is 4.90 Å². The van der Waals surface area contributed by atoms with Crippen molar-refractivity contribution >= 4 is 12.1 Å². The number of carbonyl (C=O) groups excluding carboxylic acids is 1. The maximum absolute atomic E-state index is 12.1. The van der Waals surface area contributed by atoms with E-state index in [2.05, 4.69) is 0 Å². The van der Waals surface area contributed by atoms with E-state index in [1.165, 1.54) is 12.0 Å². The van der Waals surface area contributed by atoms with Crippen LogP contribution >= 0.6 is 0 Å². The number of hydrogen-bond acceptors (Lipinski definition) is 5. The first-order valence-corrected chi connectivity index (χ1v) is 6.46. The molecule has 1 amide bonds. The van der Waals surface area contributed by atoms with Crippen molar-refractivity contribution in [3.8, 4) is 0 Å². The molecule has 1 fully saturated rings. The molecule has 7 nitrogen and oxygen atoms in total. The maximum atomic E-state index is 12.1. The molecule has 0 bridgehead atoms. The summed E-state index contributed by atoms with van der Waals surface area (Å²) >= 11 is 0. The second kappa shape index (κ2) is 5.97. The molecule has 1 N–H and O–H groups in total. The zero-order valence-electron chi connectivity index (χ0n) is 12.6. The molecule has 1 heterocycles. The number of ether oxygens (including phenoxy) is 3. The van der Waals surface area contributed by atoms with E-state index in [0.717, 1.165) is 0 Å². The van der Waals surface area contributed by atoms with Crippen LogP contribution in [0.1, 0.15) is 34.1 Å². The van der Waals surface area contributed by atoms with Crippen molar-refractivity contribution in [2.45, 2.75) is 51.4 Å². The largest absolute Gasteiger partial charge is 0.480 e. The topological polar surface area (TPSA) is 85.3 Å². The van der Waals surface area contributed by atoms with Crippen molar-refractivity contribution in [2.24, 2.45) is 0 Å². The summed E-state index contributed by atoms with van der Waals surface area (Å²) < 4.78 is 15.5. The summed E-state index contributed by atoms with van der Waals surface area (Å²) in [6.45, 7) is 7.11. The number of carbonyl (C=O) groups is 2. The van der Waals surface area contributed by atoms with Gasteiger partial charge in [0, 0.05) is 13.7 Å². The number of hydrogen-bond donors (Lipinski definition) is 1. The van der Waals surface area contributed by atoms with E-state index < -0.39 is 29.3 Å². The molecule has 7 heteroatoms. The predicted octanol–water partition coefficient (Wildman–Crippen LogP) is 1.46. The number of carboxylic acid groups (broad SMARTS) is 1. The fraction of sp³-hybridized carbons (Fsp3) is 0.846. The van der Waals surface area contributed by atoms with Crippen molar-refractivity contribution in [2.75, 3.05) is 20.4 Å². The molecule has 1 aliphatic rings. The van der Waals surface area contributed by atoms with Crippen molar-refractivity contribution in [1.29, 1.82) is 0 Å². The van der Waals surface area contributed by atoms with Gasteiger partial charge in [-0.2, -0.15) is 0 Å². The molecular weight excluding hydrogens is 266 g/mol. The van der Waals surface area contributed by atoms with Crippen LogP contribution in [0.2, 0.25) is 0 Å². The molecule has 2 atom stereocenters. The van der Waals surface area contributed by atoms with Gasteiger partial charge in [-0.15, -0.1) is 0 Å². The molecule has 0 radical (unpaired) electrons. The average Bonchev–Trinajstić information content (AvgIpc) is 2.63. The number of carboxylic acids is 1. The zero-order valence-corrected chi connectivity index (χ0v) is 12.6. The summed E-state index contributed by atoms with van der Waals surface area (Å²) in [4.78, 5) is 24.8. The number of aliphatic carboxylic acids is 1. The molecule has 1 rings (SSSR count). The standard InChI is InChI=1S/C13H23NO6/c1-12(2,3)20-11(17)14-7-6-13(4,19-8-18-5)9(14)10(15)16/h9H,6-8H2,1-5H3,(H,15,16)/t9-,13-/m1/s1. The Kier molecular flexibility index (Phi) is 4.99. The van der Waals surface area contributed by atoms with Crippen LogP contribution in [0.15, 0.2) is 0 Å². The van der Waals surface area contributed by atoms with E-state index in [9.17, 15) is 14.7 Å². The molecule has 0 unspecified atom stereocenters. The van der Waals surface area contributed by atoms with Gasteiger partial charge in [-0.05, 0) is 34.1 Å². The Bertz CT molecular complexity index is 378. The van der Waals surface area contributed by atoms with Crippen LogP contribution < -0.4 is 0 Å². The van der Waals surface area contributed by atoms with Crippen molar-refractivity contribution in [3.05, 3.63) is 0 Å². The van der Waals surface area contributed by atoms with E-state index in [0.29, 0.717) is 6.42 Å². The second-order valence-electron chi connectivity index (χ2n) is 6.03. The smallest absolute Gasteiger partial charge is 0.411 e. The van der Waals surface area contributed by atoms with Crippen LogP contribution in [0, 0.1) is 0 Å². The Balaban J connectivity index is 2.88. The Labute approximate surface area is 118 Å². The van der Waals surface area contributed by atoms with Crippen molar-refractivity contribution < 1.29 is 28.9 Å². The monoisotopic (exact) mass is 289 g/mol. The molecule has 0 spiro atoms. The van der Waals surface area contributed by atoms with Gasteiger partial charge in [0.2, 0.25) is 0 Å². The SMILES string of the molecule is COCO[C@]1(C)CCN(C(=O)OC(C)(C)C)[C@@H]1C(=O)O. The van der Waals surface area contributed by atoms with Crippen LogP contribution in [0.4, 0.5) is 4.79 Å². The van der Waals surface area contributed by atoms with E-state index in [4.69, 9.17) is 14.2 Å². The van der Waals surface area contributed by atoms with E-state index in [1.54, 1.807) is 27.7 Å². The number of amides is 1. The summed E-state index contributed by atoms with van der Waals surface area (Å²) in [6, 6.07) is -1.09. The minimum absolute atomic E-state index is 0.0254. The first-order chi connectivity index (χ1) is 9.10. The molecule has 1 saturated heterocycles. The van der Waals surface area contributed by atoms with Crippen LogP contribution in [0.5, 0.6) is 0 Å². The molecule has 0 aliphatic carbocycles. The zero-order chi connectivity index (χ0) is 15.6. The number of rotatable bonds is 4. The van der Waals surface area contributed by atoms with Crippen LogP contribution in [0.3, 0.4) is 0 Å². The van der Waals surface area contributed by atoms with Crippen LogP contribution in [-0.2, 0) is 19.0 Å².